The van der Waals surface area contributed by atoms with Gasteiger partial charge in [-0.2, -0.15) is 15.5 Å². The zero-order valence-electron chi connectivity index (χ0n) is 21.0. The molecule has 1 aromatic carbocycles. The van der Waals surface area contributed by atoms with E-state index >= 15 is 0 Å². The monoisotopic (exact) mass is 525 g/mol. The number of nitriles is 1. The van der Waals surface area contributed by atoms with Gasteiger partial charge in [-0.05, 0) is 69.2 Å². The average molecular weight is 526 g/mol. The second-order valence-electron chi connectivity index (χ2n) is 11.0. The van der Waals surface area contributed by atoms with E-state index in [0.717, 1.165) is 19.3 Å². The molecule has 37 heavy (non-hydrogen) atoms. The van der Waals surface area contributed by atoms with Gasteiger partial charge >= 0.3 is 6.09 Å². The number of nitrogen functional groups attached to an aromatic ring is 1. The van der Waals surface area contributed by atoms with Crippen molar-refractivity contribution in [2.45, 2.75) is 58.2 Å². The number of benzene rings is 1. The molecule has 1 aliphatic carbocycles. The SMILES string of the molecule is CC(C)(C)OC(=O)N1CCC2(CC(n3nc(-c4cnn(Cc5cc(F)ccc5Cl)c4)c(C#N)c3N)C2)C1. The molecule has 1 aliphatic heterocycles. The number of rotatable bonds is 4. The summed E-state index contributed by atoms with van der Waals surface area (Å²) in [4.78, 5) is 14.3. The van der Waals surface area contributed by atoms with Gasteiger partial charge < -0.3 is 15.4 Å². The normalized spacial score (nSPS) is 21.2. The highest BCUT2D eigenvalue weighted by molar-refractivity contribution is 6.31. The van der Waals surface area contributed by atoms with Gasteiger partial charge in [-0.25, -0.2) is 13.9 Å². The number of hydrogen-bond acceptors (Lipinski definition) is 6. The van der Waals surface area contributed by atoms with Crippen LogP contribution in [0.4, 0.5) is 15.0 Å². The fourth-order valence-electron chi connectivity index (χ4n) is 5.31. The van der Waals surface area contributed by atoms with E-state index < -0.39 is 5.60 Å². The summed E-state index contributed by atoms with van der Waals surface area (Å²) >= 11 is 6.19. The Labute approximate surface area is 219 Å². The minimum atomic E-state index is -0.528. The number of halogens is 2. The van der Waals surface area contributed by atoms with E-state index in [2.05, 4.69) is 11.2 Å². The minimum absolute atomic E-state index is 0.0159. The van der Waals surface area contributed by atoms with Gasteiger partial charge in [0, 0.05) is 29.9 Å². The van der Waals surface area contributed by atoms with Gasteiger partial charge in [0.15, 0.2) is 0 Å². The Morgan fingerprint density at radius 3 is 2.84 bits per heavy atom. The molecule has 5 rings (SSSR count). The van der Waals surface area contributed by atoms with Gasteiger partial charge in [0.2, 0.25) is 0 Å². The molecule has 2 aliphatic rings. The molecule has 194 valence electrons. The summed E-state index contributed by atoms with van der Waals surface area (Å²) < 4.78 is 22.5. The molecule has 2 N–H and O–H groups in total. The highest BCUT2D eigenvalue weighted by Gasteiger charge is 2.51. The fourth-order valence-corrected chi connectivity index (χ4v) is 5.49. The summed E-state index contributed by atoms with van der Waals surface area (Å²) in [5.41, 5.74) is 7.85. The van der Waals surface area contributed by atoms with Crippen LogP contribution >= 0.6 is 11.6 Å². The van der Waals surface area contributed by atoms with Crippen LogP contribution in [0.2, 0.25) is 5.02 Å². The van der Waals surface area contributed by atoms with Crippen LogP contribution in [-0.4, -0.2) is 49.2 Å². The third-order valence-electron chi connectivity index (χ3n) is 7.08. The third kappa shape index (κ3) is 4.88. The van der Waals surface area contributed by atoms with Crippen molar-refractivity contribution in [3.63, 3.8) is 0 Å². The van der Waals surface area contributed by atoms with Crippen LogP contribution in [0.15, 0.2) is 30.6 Å². The van der Waals surface area contributed by atoms with E-state index in [9.17, 15) is 14.4 Å². The zero-order valence-corrected chi connectivity index (χ0v) is 21.8. The number of likely N-dealkylation sites (tertiary alicyclic amines) is 1. The van der Waals surface area contributed by atoms with Crippen LogP contribution in [0, 0.1) is 22.6 Å². The zero-order chi connectivity index (χ0) is 26.5. The van der Waals surface area contributed by atoms with Crippen LogP contribution in [-0.2, 0) is 11.3 Å². The predicted molar refractivity (Wildman–Crippen MR) is 136 cm³/mol. The first kappa shape index (κ1) is 25.1. The van der Waals surface area contributed by atoms with Gasteiger partial charge in [-0.15, -0.1) is 0 Å². The van der Waals surface area contributed by atoms with Crippen molar-refractivity contribution in [2.75, 3.05) is 18.8 Å². The Balaban J connectivity index is 1.30. The van der Waals surface area contributed by atoms with Crippen molar-refractivity contribution < 1.29 is 13.9 Å². The maximum Gasteiger partial charge on any atom is 0.410 e. The standard InChI is InChI=1S/C26H29ClFN7O2/c1-25(2,3)37-24(36)33-7-6-26(15-33)9-19(10-26)35-23(30)20(11-29)22(32-35)17-12-31-34(14-17)13-16-8-18(28)4-5-21(16)27/h4-5,8,12,14,19H,6-7,9-10,13,15,30H2,1-3H3. The first-order valence-corrected chi connectivity index (χ1v) is 12.6. The molecule has 1 saturated heterocycles. The summed E-state index contributed by atoms with van der Waals surface area (Å²) in [5, 5.41) is 19.3. The molecular formula is C26H29ClFN7O2. The number of carbonyl (C=O) groups excluding carboxylic acids is 1. The van der Waals surface area contributed by atoms with E-state index in [0.29, 0.717) is 46.3 Å². The predicted octanol–water partition coefficient (Wildman–Crippen LogP) is 5.00. The highest BCUT2D eigenvalue weighted by Crippen LogP contribution is 2.54. The van der Waals surface area contributed by atoms with Gasteiger partial charge in [0.1, 0.15) is 34.6 Å². The Bertz CT molecular complexity index is 1390. The van der Waals surface area contributed by atoms with Crippen molar-refractivity contribution in [3.05, 3.63) is 52.6 Å². The Kier molecular flexibility index (Phi) is 6.15. The molecule has 0 unspecified atom stereocenters. The maximum absolute atomic E-state index is 13.6. The van der Waals surface area contributed by atoms with E-state index in [1.54, 1.807) is 26.7 Å². The average Bonchev–Trinajstić information content (AvgIpc) is 3.51. The van der Waals surface area contributed by atoms with Crippen LogP contribution in [0.1, 0.15) is 57.2 Å². The molecule has 3 aromatic rings. The quantitative estimate of drug-likeness (QED) is 0.512. The first-order chi connectivity index (χ1) is 17.5. The summed E-state index contributed by atoms with van der Waals surface area (Å²) in [5.74, 6) is -0.0555. The molecule has 9 nitrogen and oxygen atoms in total. The van der Waals surface area contributed by atoms with Crippen LogP contribution in [0.3, 0.4) is 0 Å². The van der Waals surface area contributed by atoms with Gasteiger partial charge in [0.25, 0.3) is 0 Å². The van der Waals surface area contributed by atoms with Crippen LogP contribution in [0.5, 0.6) is 0 Å². The lowest BCUT2D eigenvalue weighted by Gasteiger charge is -2.45. The lowest BCUT2D eigenvalue weighted by atomic mass is 9.65. The van der Waals surface area contributed by atoms with Crippen molar-refractivity contribution >= 4 is 23.5 Å². The van der Waals surface area contributed by atoms with Crippen molar-refractivity contribution in [2.24, 2.45) is 5.41 Å². The summed E-state index contributed by atoms with van der Waals surface area (Å²) in [6.07, 6.45) is 5.61. The lowest BCUT2D eigenvalue weighted by molar-refractivity contribution is 0.0188. The lowest BCUT2D eigenvalue weighted by Crippen LogP contribution is -2.43. The molecule has 3 heterocycles. The first-order valence-electron chi connectivity index (χ1n) is 12.2. The molecule has 2 aromatic heterocycles. The molecule has 11 heteroatoms. The number of amides is 1. The molecule has 1 saturated carbocycles. The number of anilines is 1. The number of nitrogens with two attached hydrogens (primary N) is 1. The van der Waals surface area contributed by atoms with Gasteiger partial charge in [-0.1, -0.05) is 11.6 Å². The van der Waals surface area contributed by atoms with Crippen molar-refractivity contribution in [1.29, 1.82) is 5.26 Å². The summed E-state index contributed by atoms with van der Waals surface area (Å²) in [6.45, 7) is 7.17. The summed E-state index contributed by atoms with van der Waals surface area (Å²) in [6, 6.07) is 6.41. The van der Waals surface area contributed by atoms with Gasteiger partial charge in [0.05, 0.1) is 18.8 Å². The van der Waals surface area contributed by atoms with Crippen LogP contribution < -0.4 is 5.73 Å². The Morgan fingerprint density at radius 1 is 1.38 bits per heavy atom. The molecular weight excluding hydrogens is 497 g/mol. The molecule has 2 fully saturated rings. The van der Waals surface area contributed by atoms with Crippen LogP contribution in [0.25, 0.3) is 11.3 Å². The smallest absolute Gasteiger partial charge is 0.410 e. The summed E-state index contributed by atoms with van der Waals surface area (Å²) in [7, 11) is 0. The maximum atomic E-state index is 13.6. The van der Waals surface area contributed by atoms with E-state index in [-0.39, 0.29) is 29.9 Å². The van der Waals surface area contributed by atoms with Gasteiger partial charge in [-0.3, -0.25) is 4.68 Å². The topological polar surface area (TPSA) is 115 Å². The van der Waals surface area contributed by atoms with Crippen molar-refractivity contribution in [1.82, 2.24) is 24.5 Å². The molecule has 0 bridgehead atoms. The Morgan fingerprint density at radius 2 is 2.14 bits per heavy atom. The number of ether oxygens (including phenoxy) is 1. The van der Waals surface area contributed by atoms with E-state index in [4.69, 9.17) is 27.2 Å². The van der Waals surface area contributed by atoms with E-state index in [1.807, 2.05) is 20.8 Å². The fraction of sp³-hybridized carbons (Fsp3) is 0.462. The number of hydrogen-bond donors (Lipinski definition) is 1. The minimum Gasteiger partial charge on any atom is -0.444 e. The largest absolute Gasteiger partial charge is 0.444 e. The highest BCUT2D eigenvalue weighted by atomic mass is 35.5. The van der Waals surface area contributed by atoms with E-state index in [1.165, 1.54) is 18.2 Å². The second-order valence-corrected chi connectivity index (χ2v) is 11.4. The molecule has 0 atom stereocenters. The number of aromatic nitrogens is 4. The third-order valence-corrected chi connectivity index (χ3v) is 7.45. The Hall–Kier alpha value is -3.58. The number of nitrogens with zero attached hydrogens (tertiary/aromatic N) is 6. The number of carbonyl (C=O) groups is 1. The molecule has 0 radical (unpaired) electrons. The van der Waals surface area contributed by atoms with Crippen molar-refractivity contribution in [3.8, 4) is 17.3 Å². The molecule has 1 amide bonds. The second kappa shape index (κ2) is 9.06. The molecule has 1 spiro atoms.